The van der Waals surface area contributed by atoms with E-state index in [0.29, 0.717) is 0 Å². The normalized spacial score (nSPS) is 0. The molecule has 0 aliphatic carbocycles. The quantitative estimate of drug-likeness (QED) is 0.579. The van der Waals surface area contributed by atoms with Crippen molar-refractivity contribution in [2.75, 3.05) is 0 Å². The van der Waals surface area contributed by atoms with Crippen LogP contribution in [0, 0.1) is 0 Å². The Morgan fingerprint density at radius 3 is 1.00 bits per heavy atom. The molecule has 0 spiro atoms. The van der Waals surface area contributed by atoms with Gasteiger partial charge >= 0.3 is 0 Å². The maximum absolute atomic E-state index is 0. The largest absolute Gasteiger partial charge is 0.344 e. The molecule has 0 bridgehead atoms. The van der Waals surface area contributed by atoms with Crippen LogP contribution in [0.5, 0.6) is 0 Å². The van der Waals surface area contributed by atoms with E-state index in [9.17, 15) is 0 Å². The fourth-order valence-corrected chi connectivity index (χ4v) is 0. The smallest absolute Gasteiger partial charge is 0.187 e. The van der Waals surface area contributed by atoms with Gasteiger partial charge in [-0.25, -0.2) is 0 Å². The van der Waals surface area contributed by atoms with Crippen LogP contribution in [-0.4, -0.2) is 17.4 Å². The monoisotopic (exact) mass is 244 g/mol. The Kier molecular flexibility index (Phi) is 449. The van der Waals surface area contributed by atoms with Gasteiger partial charge in [-0.2, -0.15) is 0 Å². The van der Waals surface area contributed by atoms with Gasteiger partial charge in [0.05, 0.1) is 0 Å². The summed E-state index contributed by atoms with van der Waals surface area (Å²) >= 11 is 0. The van der Waals surface area contributed by atoms with Crippen molar-refractivity contribution in [1.82, 2.24) is 6.15 Å². The topological polar surface area (TPSA) is 35.0 Å². The summed E-state index contributed by atoms with van der Waals surface area (Å²) in [5.41, 5.74) is 0. The Balaban J connectivity index is 0. The fourth-order valence-electron chi connectivity index (χ4n) is 0. The van der Waals surface area contributed by atoms with Crippen LogP contribution < -0.4 is 6.15 Å². The summed E-state index contributed by atoms with van der Waals surface area (Å²) < 4.78 is 0. The van der Waals surface area contributed by atoms with Crippen molar-refractivity contribution in [3.8, 4) is 0 Å². The predicted molar refractivity (Wildman–Crippen MR) is 21.7 cm³/mol. The van der Waals surface area contributed by atoms with E-state index in [1.54, 1.807) is 0 Å². The maximum Gasteiger partial charge on any atom is 0.187 e. The van der Waals surface area contributed by atoms with Gasteiger partial charge in [0.25, 0.3) is 0 Å². The van der Waals surface area contributed by atoms with Crippen molar-refractivity contribution in [3.63, 3.8) is 0 Å². The molecule has 0 atom stereocenters. The van der Waals surface area contributed by atoms with Crippen LogP contribution in [0.2, 0.25) is 0 Å². The minimum Gasteiger partial charge on any atom is -0.344 e. The van der Waals surface area contributed by atoms with Crippen LogP contribution in [-0.2, 0) is 22.4 Å². The van der Waals surface area contributed by atoms with E-state index in [1.165, 1.54) is 0 Å². The van der Waals surface area contributed by atoms with Crippen LogP contribution in [0.15, 0.2) is 0 Å². The molecule has 0 aliphatic rings. The van der Waals surface area contributed by atoms with E-state index >= 15 is 0 Å². The molecule has 0 aromatic rings. The zero-order valence-electron chi connectivity index (χ0n) is 1.15. The van der Waals surface area contributed by atoms with Crippen LogP contribution >= 0.6 is 0 Å². The van der Waals surface area contributed by atoms with Gasteiger partial charge in [-0.15, -0.1) is 0 Å². The molecule has 0 aromatic heterocycles. The molecule has 0 heterocycles. The Bertz CT molecular complexity index is 8.00. The molecule has 1 nitrogen and oxygen atoms in total. The summed E-state index contributed by atoms with van der Waals surface area (Å²) in [4.78, 5) is 0. The molecule has 0 amide bonds. The molecule has 0 aliphatic heterocycles. The first-order valence-corrected chi connectivity index (χ1v) is 0. The van der Waals surface area contributed by atoms with Gasteiger partial charge in [-0.05, 0) is 0 Å². The molecule has 0 fully saturated rings. The van der Waals surface area contributed by atoms with Crippen molar-refractivity contribution < 1.29 is 22.4 Å². The average Bonchev–Trinajstić information content (AvgIpc) is 0. The molecular formula is CH10AlNTa. The van der Waals surface area contributed by atoms with Gasteiger partial charge in [0, 0.05) is 22.4 Å². The third-order valence-corrected chi connectivity index (χ3v) is 0. The van der Waals surface area contributed by atoms with Gasteiger partial charge in [0.1, 0.15) is 0 Å². The molecule has 0 aromatic carbocycles. The third kappa shape index (κ3) is 10.6. The minimum atomic E-state index is 0. The molecule has 27 valence electrons. The molecule has 0 saturated heterocycles. The van der Waals surface area contributed by atoms with Gasteiger partial charge in [0.15, 0.2) is 17.4 Å². The second kappa shape index (κ2) is 29.1. The zero-order valence-corrected chi connectivity index (χ0v) is 4.37. The van der Waals surface area contributed by atoms with Crippen molar-refractivity contribution in [3.05, 3.63) is 0 Å². The first-order valence-electron chi connectivity index (χ1n) is 0. The maximum atomic E-state index is 0. The van der Waals surface area contributed by atoms with E-state index in [1.807, 2.05) is 0 Å². The Morgan fingerprint density at radius 1 is 1.00 bits per heavy atom. The second-order valence-corrected chi connectivity index (χ2v) is 0. The van der Waals surface area contributed by atoms with E-state index in [0.717, 1.165) is 0 Å². The summed E-state index contributed by atoms with van der Waals surface area (Å²) in [6.45, 7) is 0. The van der Waals surface area contributed by atoms with Crippen LogP contribution in [0.1, 0.15) is 7.43 Å². The molecule has 0 unspecified atom stereocenters. The van der Waals surface area contributed by atoms with Crippen molar-refractivity contribution in [1.29, 1.82) is 0 Å². The standard InChI is InChI=1S/CH4.Al.H3N.Ta.3H/h1H4;;1H3;;;;. The first kappa shape index (κ1) is 61.7. The summed E-state index contributed by atoms with van der Waals surface area (Å²) in [6, 6.07) is 0. The van der Waals surface area contributed by atoms with Crippen LogP contribution in [0.4, 0.5) is 0 Å². The second-order valence-electron chi connectivity index (χ2n) is 0. The Labute approximate surface area is 53.4 Å². The van der Waals surface area contributed by atoms with Gasteiger partial charge < -0.3 is 6.15 Å². The number of hydrogen-bond donors (Lipinski definition) is 1. The van der Waals surface area contributed by atoms with E-state index in [2.05, 4.69) is 0 Å². The summed E-state index contributed by atoms with van der Waals surface area (Å²) in [5, 5.41) is 0. The van der Waals surface area contributed by atoms with Gasteiger partial charge in [-0.1, -0.05) is 7.43 Å². The molecule has 0 rings (SSSR count). The Hall–Kier alpha value is 1.23. The molecule has 3 N–H and O–H groups in total. The predicted octanol–water partition coefficient (Wildman–Crippen LogP) is -0.388. The van der Waals surface area contributed by atoms with Crippen molar-refractivity contribution in [2.24, 2.45) is 0 Å². The summed E-state index contributed by atoms with van der Waals surface area (Å²) in [6.07, 6.45) is 0. The summed E-state index contributed by atoms with van der Waals surface area (Å²) in [7, 11) is 0. The minimum absolute atomic E-state index is 0. The van der Waals surface area contributed by atoms with Crippen molar-refractivity contribution in [2.45, 2.75) is 7.43 Å². The molecule has 3 heteroatoms. The van der Waals surface area contributed by atoms with E-state index in [4.69, 9.17) is 0 Å². The van der Waals surface area contributed by atoms with E-state index in [-0.39, 0.29) is 53.3 Å². The fraction of sp³-hybridized carbons (Fsp3) is 1.00. The third-order valence-electron chi connectivity index (χ3n) is 0. The molecule has 4 heavy (non-hydrogen) atoms. The Morgan fingerprint density at radius 2 is 1.00 bits per heavy atom. The van der Waals surface area contributed by atoms with Crippen LogP contribution in [0.3, 0.4) is 0 Å². The zero-order chi connectivity index (χ0) is 0. The van der Waals surface area contributed by atoms with Gasteiger partial charge in [-0.3, -0.25) is 0 Å². The SMILES string of the molecule is C.N.[AlH3].[Ta]. The molecular weight excluding hydrogens is 234 g/mol. The number of rotatable bonds is 0. The van der Waals surface area contributed by atoms with Crippen LogP contribution in [0.25, 0.3) is 0 Å². The molecule has 0 saturated carbocycles. The van der Waals surface area contributed by atoms with E-state index < -0.39 is 0 Å². The number of hydrogen-bond acceptors (Lipinski definition) is 1. The molecule has 1 radical (unpaired) electrons. The van der Waals surface area contributed by atoms with Crippen molar-refractivity contribution >= 4 is 17.4 Å². The summed E-state index contributed by atoms with van der Waals surface area (Å²) in [5.74, 6) is 0. The first-order chi connectivity index (χ1) is 0. The average molecular weight is 244 g/mol. The van der Waals surface area contributed by atoms with Gasteiger partial charge in [0.2, 0.25) is 0 Å².